The number of Topliss-reactive ketones (excluding diaryl/α,β-unsaturated/α-hetero) is 1. The predicted octanol–water partition coefficient (Wildman–Crippen LogP) is 6.68. The Hall–Kier alpha value is -4.62. The van der Waals surface area contributed by atoms with Gasteiger partial charge in [0, 0.05) is 23.4 Å². The summed E-state index contributed by atoms with van der Waals surface area (Å²) in [4.78, 5) is 38.7. The number of nitrogens with zero attached hydrogens (tertiary/aromatic N) is 4. The fraction of sp³-hybridized carbons (Fsp3) is 0.200. The standard InChI is InChI=1S/C30H25FN4O6S2/c1-2-3-16-41-23-14-8-20(9-15-23)26(36)24-25(19-6-12-22(13-7-19)35(39)40)34(28(38)27(24)37)29-32-33-30(43-29)42-17-18-4-10-21(31)11-5-18/h4-15,25,36H,2-3,16-17H2,1H3/t25-/m1/s1. The third-order valence-corrected chi connectivity index (χ3v) is 8.76. The number of hydrogen-bond acceptors (Lipinski definition) is 10. The van der Waals surface area contributed by atoms with Crippen molar-refractivity contribution in [3.63, 3.8) is 0 Å². The monoisotopic (exact) mass is 620 g/mol. The number of carbonyl (C=O) groups excluding carboxylic acids is 2. The summed E-state index contributed by atoms with van der Waals surface area (Å²) in [5.74, 6) is -1.53. The number of non-ortho nitro benzene ring substituents is 1. The zero-order chi connectivity index (χ0) is 30.5. The number of aliphatic hydroxyl groups excluding tert-OH is 1. The Balaban J connectivity index is 1.50. The first-order valence-electron chi connectivity index (χ1n) is 13.3. The van der Waals surface area contributed by atoms with Crippen LogP contribution in [0.2, 0.25) is 0 Å². The van der Waals surface area contributed by atoms with Gasteiger partial charge in [-0.3, -0.25) is 24.6 Å². The molecule has 1 atom stereocenters. The third kappa shape index (κ3) is 6.57. The maximum atomic E-state index is 13.4. The van der Waals surface area contributed by atoms with Gasteiger partial charge in [-0.15, -0.1) is 10.2 Å². The first kappa shape index (κ1) is 29.9. The Morgan fingerprint density at radius 2 is 1.77 bits per heavy atom. The molecule has 1 aliphatic rings. The minimum atomic E-state index is -1.12. The van der Waals surface area contributed by atoms with Gasteiger partial charge in [-0.05, 0) is 66.1 Å². The smallest absolute Gasteiger partial charge is 0.301 e. The molecule has 1 saturated heterocycles. The molecular weight excluding hydrogens is 595 g/mol. The molecule has 13 heteroatoms. The largest absolute Gasteiger partial charge is 0.507 e. The SMILES string of the molecule is CCCCOc1ccc(C(O)=C2C(=O)C(=O)N(c3nnc(SCc4ccc(F)cc4)s3)[C@@H]2c2ccc([N+](=O)[O-])cc2)cc1. The second-order valence-corrected chi connectivity index (χ2v) is 11.7. The van der Waals surface area contributed by atoms with E-state index in [1.807, 2.05) is 0 Å². The molecule has 220 valence electrons. The fourth-order valence-electron chi connectivity index (χ4n) is 4.41. The number of thioether (sulfide) groups is 1. The summed E-state index contributed by atoms with van der Waals surface area (Å²) in [6.45, 7) is 2.59. The summed E-state index contributed by atoms with van der Waals surface area (Å²) in [7, 11) is 0. The number of amides is 1. The van der Waals surface area contributed by atoms with Crippen molar-refractivity contribution in [1.29, 1.82) is 0 Å². The van der Waals surface area contributed by atoms with E-state index in [1.54, 1.807) is 36.4 Å². The zero-order valence-corrected chi connectivity index (χ0v) is 24.4. The van der Waals surface area contributed by atoms with Gasteiger partial charge >= 0.3 is 5.91 Å². The summed E-state index contributed by atoms with van der Waals surface area (Å²) >= 11 is 2.40. The second kappa shape index (κ2) is 13.1. The van der Waals surface area contributed by atoms with Crippen molar-refractivity contribution in [2.45, 2.75) is 35.9 Å². The van der Waals surface area contributed by atoms with E-state index in [1.165, 1.54) is 48.2 Å². The molecule has 0 bridgehead atoms. The Kier molecular flexibility index (Phi) is 9.12. The first-order chi connectivity index (χ1) is 20.8. The summed E-state index contributed by atoms with van der Waals surface area (Å²) in [6.07, 6.45) is 1.86. The van der Waals surface area contributed by atoms with Gasteiger partial charge in [0.25, 0.3) is 11.5 Å². The summed E-state index contributed by atoms with van der Waals surface area (Å²) in [5, 5.41) is 31.0. The van der Waals surface area contributed by atoms with E-state index in [0.29, 0.717) is 33.6 Å². The average molecular weight is 621 g/mol. The molecule has 4 aromatic rings. The number of nitro groups is 1. The number of halogens is 1. The van der Waals surface area contributed by atoms with Crippen LogP contribution in [-0.2, 0) is 15.3 Å². The van der Waals surface area contributed by atoms with Crippen molar-refractivity contribution < 1.29 is 28.7 Å². The van der Waals surface area contributed by atoms with Crippen molar-refractivity contribution in [1.82, 2.24) is 10.2 Å². The summed E-state index contributed by atoms with van der Waals surface area (Å²) < 4.78 is 19.4. The highest BCUT2D eigenvalue weighted by Crippen LogP contribution is 2.44. The van der Waals surface area contributed by atoms with Crippen LogP contribution in [-0.4, -0.2) is 38.5 Å². The van der Waals surface area contributed by atoms with Crippen molar-refractivity contribution >= 4 is 51.4 Å². The molecule has 5 rings (SSSR count). The molecule has 10 nitrogen and oxygen atoms in total. The number of ether oxygens (including phenoxy) is 1. The molecule has 0 radical (unpaired) electrons. The molecule has 1 N–H and O–H groups in total. The predicted molar refractivity (Wildman–Crippen MR) is 161 cm³/mol. The lowest BCUT2D eigenvalue weighted by molar-refractivity contribution is -0.384. The van der Waals surface area contributed by atoms with Crippen LogP contribution in [0.4, 0.5) is 15.2 Å². The summed E-state index contributed by atoms with van der Waals surface area (Å²) in [6, 6.07) is 16.8. The van der Waals surface area contributed by atoms with Crippen LogP contribution in [0.25, 0.3) is 5.76 Å². The number of nitro benzene ring substituents is 1. The quantitative estimate of drug-likeness (QED) is 0.0284. The normalized spacial score (nSPS) is 16.0. The van der Waals surface area contributed by atoms with Crippen LogP contribution in [0, 0.1) is 15.9 Å². The van der Waals surface area contributed by atoms with Crippen LogP contribution in [0.3, 0.4) is 0 Å². The lowest BCUT2D eigenvalue weighted by Crippen LogP contribution is -2.29. The first-order valence-corrected chi connectivity index (χ1v) is 15.1. The van der Waals surface area contributed by atoms with E-state index in [2.05, 4.69) is 17.1 Å². The van der Waals surface area contributed by atoms with E-state index in [-0.39, 0.29) is 22.2 Å². The molecule has 0 aliphatic carbocycles. The highest BCUT2D eigenvalue weighted by molar-refractivity contribution is 8.00. The van der Waals surface area contributed by atoms with Crippen LogP contribution < -0.4 is 9.64 Å². The second-order valence-electron chi connectivity index (χ2n) is 9.51. The highest BCUT2D eigenvalue weighted by atomic mass is 32.2. The number of rotatable bonds is 11. The molecule has 0 spiro atoms. The number of benzene rings is 3. The van der Waals surface area contributed by atoms with Gasteiger partial charge in [-0.2, -0.15) is 0 Å². The van der Waals surface area contributed by atoms with Gasteiger partial charge in [0.2, 0.25) is 5.13 Å². The number of anilines is 1. The van der Waals surface area contributed by atoms with Gasteiger partial charge in [0.15, 0.2) is 4.34 Å². The molecule has 1 aromatic heterocycles. The van der Waals surface area contributed by atoms with Gasteiger partial charge in [-0.1, -0.05) is 48.6 Å². The van der Waals surface area contributed by atoms with Gasteiger partial charge in [-0.25, -0.2) is 4.39 Å². The van der Waals surface area contributed by atoms with Crippen LogP contribution in [0.1, 0.15) is 42.5 Å². The molecule has 43 heavy (non-hydrogen) atoms. The van der Waals surface area contributed by atoms with Crippen LogP contribution in [0.15, 0.2) is 82.7 Å². The minimum absolute atomic E-state index is 0.116. The van der Waals surface area contributed by atoms with Crippen molar-refractivity contribution in [3.8, 4) is 5.75 Å². The number of aromatic nitrogens is 2. The Morgan fingerprint density at radius 1 is 1.07 bits per heavy atom. The highest BCUT2D eigenvalue weighted by Gasteiger charge is 2.48. The van der Waals surface area contributed by atoms with Crippen LogP contribution in [0.5, 0.6) is 5.75 Å². The van der Waals surface area contributed by atoms with Gasteiger partial charge in [0.05, 0.1) is 23.1 Å². The third-order valence-electron chi connectivity index (χ3n) is 6.64. The average Bonchev–Trinajstić information content (AvgIpc) is 3.58. The van der Waals surface area contributed by atoms with Crippen molar-refractivity contribution in [2.75, 3.05) is 11.5 Å². The Morgan fingerprint density at radius 3 is 2.42 bits per heavy atom. The Labute approximate surface area is 254 Å². The van der Waals surface area contributed by atoms with Crippen LogP contribution >= 0.6 is 23.1 Å². The number of aliphatic hydroxyl groups is 1. The molecule has 0 saturated carbocycles. The maximum Gasteiger partial charge on any atom is 0.301 e. The van der Waals surface area contributed by atoms with E-state index in [9.17, 15) is 29.2 Å². The molecular formula is C30H25FN4O6S2. The lowest BCUT2D eigenvalue weighted by atomic mass is 9.95. The van der Waals surface area contributed by atoms with E-state index in [4.69, 9.17) is 4.74 Å². The fourth-order valence-corrected chi connectivity index (χ4v) is 6.23. The molecule has 1 fully saturated rings. The van der Waals surface area contributed by atoms with Gasteiger partial charge < -0.3 is 9.84 Å². The van der Waals surface area contributed by atoms with E-state index < -0.39 is 28.4 Å². The molecule has 3 aromatic carbocycles. The number of carbonyl (C=O) groups is 2. The summed E-state index contributed by atoms with van der Waals surface area (Å²) in [5.41, 5.74) is 1.15. The number of ketones is 1. The van der Waals surface area contributed by atoms with E-state index in [0.717, 1.165) is 34.6 Å². The minimum Gasteiger partial charge on any atom is -0.507 e. The van der Waals surface area contributed by atoms with Crippen molar-refractivity contribution in [3.05, 3.63) is 111 Å². The number of hydrogen-bond donors (Lipinski definition) is 1. The molecule has 1 amide bonds. The maximum absolute atomic E-state index is 13.4. The zero-order valence-electron chi connectivity index (χ0n) is 22.8. The van der Waals surface area contributed by atoms with Gasteiger partial charge in [0.1, 0.15) is 17.3 Å². The van der Waals surface area contributed by atoms with E-state index >= 15 is 0 Å². The lowest BCUT2D eigenvalue weighted by Gasteiger charge is -2.22. The molecule has 2 heterocycles. The molecule has 0 unspecified atom stereocenters. The number of unbranched alkanes of at least 4 members (excludes halogenated alkanes) is 1. The van der Waals surface area contributed by atoms with Crippen molar-refractivity contribution in [2.24, 2.45) is 0 Å². The molecule has 1 aliphatic heterocycles. The topological polar surface area (TPSA) is 136 Å². The Bertz CT molecular complexity index is 1670.